The molecule has 2 fully saturated rings. The Morgan fingerprint density at radius 2 is 2.27 bits per heavy atom. The minimum Gasteiger partial charge on any atom is -0.381 e. The van der Waals surface area contributed by atoms with Crippen LogP contribution in [0.4, 0.5) is 0 Å². The predicted molar refractivity (Wildman–Crippen MR) is 44.6 cm³/mol. The number of rotatable bonds is 2. The summed E-state index contributed by atoms with van der Waals surface area (Å²) in [6, 6.07) is 0. The van der Waals surface area contributed by atoms with E-state index < -0.39 is 0 Å². The van der Waals surface area contributed by atoms with Gasteiger partial charge in [0.2, 0.25) is 0 Å². The van der Waals surface area contributed by atoms with E-state index in [-0.39, 0.29) is 0 Å². The average Bonchev–Trinajstić information content (AvgIpc) is 2.86. The molecule has 2 heteroatoms. The van der Waals surface area contributed by atoms with Crippen LogP contribution in [0.5, 0.6) is 0 Å². The van der Waals surface area contributed by atoms with Crippen molar-refractivity contribution in [1.29, 1.82) is 0 Å². The van der Waals surface area contributed by atoms with Gasteiger partial charge in [0.05, 0.1) is 6.61 Å². The molecule has 1 saturated heterocycles. The third-order valence-electron chi connectivity index (χ3n) is 3.23. The first kappa shape index (κ1) is 7.56. The van der Waals surface area contributed by atoms with E-state index in [1.54, 1.807) is 0 Å². The Balaban J connectivity index is 1.92. The summed E-state index contributed by atoms with van der Waals surface area (Å²) in [6.45, 7) is 1.97. The van der Waals surface area contributed by atoms with Crippen molar-refractivity contribution >= 4 is 0 Å². The molecule has 11 heavy (non-hydrogen) atoms. The fourth-order valence-corrected chi connectivity index (χ4v) is 2.17. The lowest BCUT2D eigenvalue weighted by atomic mass is 9.92. The Labute approximate surface area is 68.3 Å². The number of nitrogens with one attached hydrogen (secondary N) is 1. The first-order valence-electron chi connectivity index (χ1n) is 4.64. The van der Waals surface area contributed by atoms with Gasteiger partial charge in [0, 0.05) is 18.1 Å². The molecule has 0 radical (unpaired) electrons. The van der Waals surface area contributed by atoms with Gasteiger partial charge >= 0.3 is 0 Å². The van der Waals surface area contributed by atoms with Gasteiger partial charge in [-0.25, -0.2) is 0 Å². The molecule has 0 aromatic heterocycles. The molecule has 64 valence electrons. The van der Waals surface area contributed by atoms with Crippen LogP contribution in [0.2, 0.25) is 0 Å². The van der Waals surface area contributed by atoms with E-state index in [0.717, 1.165) is 19.1 Å². The molecule has 1 aliphatic heterocycles. The maximum atomic E-state index is 5.47. The molecule has 1 heterocycles. The number of ether oxygens (including phenoxy) is 1. The van der Waals surface area contributed by atoms with Gasteiger partial charge in [-0.05, 0) is 32.7 Å². The highest BCUT2D eigenvalue weighted by atomic mass is 16.5. The second kappa shape index (κ2) is 2.76. The molecule has 0 spiro atoms. The second-order valence-electron chi connectivity index (χ2n) is 3.82. The molecule has 0 bridgehead atoms. The predicted octanol–water partition coefficient (Wildman–Crippen LogP) is 1.16. The van der Waals surface area contributed by atoms with Crippen LogP contribution in [-0.2, 0) is 4.74 Å². The molecule has 1 saturated carbocycles. The van der Waals surface area contributed by atoms with E-state index in [1.807, 2.05) is 0 Å². The topological polar surface area (TPSA) is 21.3 Å². The third-order valence-corrected chi connectivity index (χ3v) is 3.23. The van der Waals surface area contributed by atoms with E-state index in [9.17, 15) is 0 Å². The lowest BCUT2D eigenvalue weighted by Crippen LogP contribution is -2.40. The van der Waals surface area contributed by atoms with E-state index in [2.05, 4.69) is 12.4 Å². The highest BCUT2D eigenvalue weighted by Crippen LogP contribution is 2.44. The van der Waals surface area contributed by atoms with E-state index >= 15 is 0 Å². The fraction of sp³-hybridized carbons (Fsp3) is 1.00. The van der Waals surface area contributed by atoms with Crippen LogP contribution in [-0.4, -0.2) is 25.8 Å². The molecule has 1 atom stereocenters. The number of hydrogen-bond donors (Lipinski definition) is 1. The second-order valence-corrected chi connectivity index (χ2v) is 3.82. The standard InChI is InChI=1S/C9H17NO/c1-10-9(4-5-9)8-3-2-6-11-7-8/h8,10H,2-7H2,1H3. The Kier molecular flexibility index (Phi) is 1.90. The Hall–Kier alpha value is -0.0800. The lowest BCUT2D eigenvalue weighted by molar-refractivity contribution is 0.0357. The maximum Gasteiger partial charge on any atom is 0.0511 e. The van der Waals surface area contributed by atoms with E-state index in [0.29, 0.717) is 5.54 Å². The van der Waals surface area contributed by atoms with Crippen LogP contribution in [0.25, 0.3) is 0 Å². The van der Waals surface area contributed by atoms with Gasteiger partial charge in [-0.1, -0.05) is 0 Å². The lowest BCUT2D eigenvalue weighted by Gasteiger charge is -2.29. The fourth-order valence-electron chi connectivity index (χ4n) is 2.17. The van der Waals surface area contributed by atoms with Gasteiger partial charge in [0.15, 0.2) is 0 Å². The minimum absolute atomic E-state index is 0.487. The highest BCUT2D eigenvalue weighted by Gasteiger charge is 2.48. The summed E-state index contributed by atoms with van der Waals surface area (Å²) in [5.74, 6) is 0.793. The summed E-state index contributed by atoms with van der Waals surface area (Å²) in [6.07, 6.45) is 5.34. The van der Waals surface area contributed by atoms with Crippen LogP contribution >= 0.6 is 0 Å². The Morgan fingerprint density at radius 1 is 1.45 bits per heavy atom. The van der Waals surface area contributed by atoms with Crippen molar-refractivity contribution in [3.8, 4) is 0 Å². The molecular weight excluding hydrogens is 138 g/mol. The van der Waals surface area contributed by atoms with Gasteiger partial charge in [0.25, 0.3) is 0 Å². The zero-order chi connectivity index (χ0) is 7.73. The van der Waals surface area contributed by atoms with Crippen molar-refractivity contribution in [3.63, 3.8) is 0 Å². The van der Waals surface area contributed by atoms with Crippen LogP contribution in [0.1, 0.15) is 25.7 Å². The van der Waals surface area contributed by atoms with Crippen LogP contribution in [0.3, 0.4) is 0 Å². The molecule has 1 aliphatic carbocycles. The Morgan fingerprint density at radius 3 is 2.73 bits per heavy atom. The van der Waals surface area contributed by atoms with Gasteiger partial charge in [-0.3, -0.25) is 0 Å². The summed E-state index contributed by atoms with van der Waals surface area (Å²) in [4.78, 5) is 0. The maximum absolute atomic E-state index is 5.47. The van der Waals surface area contributed by atoms with Gasteiger partial charge in [-0.2, -0.15) is 0 Å². The summed E-state index contributed by atoms with van der Waals surface area (Å²) >= 11 is 0. The summed E-state index contributed by atoms with van der Waals surface area (Å²) in [5, 5.41) is 3.44. The van der Waals surface area contributed by atoms with Crippen molar-refractivity contribution in [2.75, 3.05) is 20.3 Å². The molecule has 2 nitrogen and oxygen atoms in total. The van der Waals surface area contributed by atoms with Crippen molar-refractivity contribution in [2.45, 2.75) is 31.2 Å². The molecule has 1 unspecified atom stereocenters. The first-order chi connectivity index (χ1) is 5.37. The zero-order valence-electron chi connectivity index (χ0n) is 7.23. The summed E-state index contributed by atoms with van der Waals surface area (Å²) < 4.78 is 5.47. The van der Waals surface area contributed by atoms with Crippen molar-refractivity contribution in [2.24, 2.45) is 5.92 Å². The van der Waals surface area contributed by atoms with Crippen molar-refractivity contribution < 1.29 is 4.74 Å². The average molecular weight is 155 g/mol. The zero-order valence-corrected chi connectivity index (χ0v) is 7.23. The smallest absolute Gasteiger partial charge is 0.0511 e. The highest BCUT2D eigenvalue weighted by molar-refractivity contribution is 5.06. The normalized spacial score (nSPS) is 35.2. The third kappa shape index (κ3) is 1.30. The van der Waals surface area contributed by atoms with E-state index in [1.165, 1.54) is 25.7 Å². The Bertz CT molecular complexity index is 136. The SMILES string of the molecule is CNC1(C2CCCOC2)CC1. The number of hydrogen-bond acceptors (Lipinski definition) is 2. The van der Waals surface area contributed by atoms with E-state index in [4.69, 9.17) is 4.74 Å². The molecule has 0 aromatic rings. The van der Waals surface area contributed by atoms with Crippen molar-refractivity contribution in [1.82, 2.24) is 5.32 Å². The summed E-state index contributed by atoms with van der Waals surface area (Å²) in [7, 11) is 2.08. The van der Waals surface area contributed by atoms with Crippen LogP contribution < -0.4 is 5.32 Å². The molecule has 1 N–H and O–H groups in total. The molecule has 2 aliphatic rings. The van der Waals surface area contributed by atoms with Gasteiger partial charge < -0.3 is 10.1 Å². The quantitative estimate of drug-likeness (QED) is 0.646. The molecule has 0 amide bonds. The molecular formula is C9H17NO. The van der Waals surface area contributed by atoms with Crippen LogP contribution in [0.15, 0.2) is 0 Å². The van der Waals surface area contributed by atoms with Crippen LogP contribution in [0, 0.1) is 5.92 Å². The molecule has 0 aromatic carbocycles. The first-order valence-corrected chi connectivity index (χ1v) is 4.64. The molecule has 2 rings (SSSR count). The minimum atomic E-state index is 0.487. The monoisotopic (exact) mass is 155 g/mol. The van der Waals surface area contributed by atoms with Gasteiger partial charge in [-0.15, -0.1) is 0 Å². The summed E-state index contributed by atoms with van der Waals surface area (Å²) in [5.41, 5.74) is 0.487. The van der Waals surface area contributed by atoms with Crippen molar-refractivity contribution in [3.05, 3.63) is 0 Å². The van der Waals surface area contributed by atoms with Gasteiger partial charge in [0.1, 0.15) is 0 Å². The largest absolute Gasteiger partial charge is 0.381 e.